The number of H-pyrrole nitrogens is 1. The monoisotopic (exact) mass is 162 g/mol. The molecule has 12 heavy (non-hydrogen) atoms. The lowest BCUT2D eigenvalue weighted by Gasteiger charge is -1.94. The first-order valence-electron chi connectivity index (χ1n) is 3.88. The van der Waals surface area contributed by atoms with Crippen molar-refractivity contribution >= 4 is 0 Å². The molecule has 0 amide bonds. The average Bonchev–Trinajstić information content (AvgIpc) is 2.09. The Morgan fingerprint density at radius 1 is 1.58 bits per heavy atom. The predicted molar refractivity (Wildman–Crippen MR) is 45.6 cm³/mol. The van der Waals surface area contributed by atoms with Gasteiger partial charge in [-0.25, -0.2) is 0 Å². The molecular weight excluding hydrogens is 152 g/mol. The molecule has 0 spiro atoms. The van der Waals surface area contributed by atoms with Crippen molar-refractivity contribution in [1.82, 2.24) is 4.98 Å². The molecule has 0 aromatic carbocycles. The molecule has 0 saturated heterocycles. The molecule has 1 N–H and O–H groups in total. The van der Waals surface area contributed by atoms with Gasteiger partial charge in [-0.3, -0.25) is 4.79 Å². The molecule has 1 aromatic rings. The van der Waals surface area contributed by atoms with E-state index in [4.69, 9.17) is 5.26 Å². The molecular formula is C9H10N2O. The molecule has 0 aliphatic rings. The number of hydrogen-bond donors (Lipinski definition) is 1. The van der Waals surface area contributed by atoms with Crippen LogP contribution in [0.4, 0.5) is 0 Å². The van der Waals surface area contributed by atoms with Crippen molar-refractivity contribution in [3.63, 3.8) is 0 Å². The van der Waals surface area contributed by atoms with Gasteiger partial charge in [0, 0.05) is 18.2 Å². The van der Waals surface area contributed by atoms with E-state index in [2.05, 4.69) is 4.98 Å². The Bertz CT molecular complexity index is 335. The summed E-state index contributed by atoms with van der Waals surface area (Å²) in [4.78, 5) is 13.7. The van der Waals surface area contributed by atoms with Crippen LogP contribution >= 0.6 is 0 Å². The quantitative estimate of drug-likeness (QED) is 0.679. The van der Waals surface area contributed by atoms with E-state index < -0.39 is 0 Å². The van der Waals surface area contributed by atoms with E-state index in [0.29, 0.717) is 12.8 Å². The Labute approximate surface area is 70.7 Å². The standard InChI is InChI=1S/C9H10N2O/c10-6-2-1-4-8-5-3-7-11-9(8)12/h3,5,7H,1-2,4H2,(H,11,12). The lowest BCUT2D eigenvalue weighted by atomic mass is 10.1. The fourth-order valence-corrected chi connectivity index (χ4v) is 1.01. The van der Waals surface area contributed by atoms with Gasteiger partial charge in [0.2, 0.25) is 0 Å². The van der Waals surface area contributed by atoms with Crippen LogP contribution in [-0.2, 0) is 6.42 Å². The highest BCUT2D eigenvalue weighted by Gasteiger charge is 1.96. The van der Waals surface area contributed by atoms with Crippen molar-refractivity contribution in [2.75, 3.05) is 0 Å². The van der Waals surface area contributed by atoms with Crippen LogP contribution < -0.4 is 5.56 Å². The van der Waals surface area contributed by atoms with E-state index in [1.165, 1.54) is 0 Å². The Balaban J connectivity index is 2.59. The molecule has 62 valence electrons. The van der Waals surface area contributed by atoms with E-state index in [9.17, 15) is 4.79 Å². The summed E-state index contributed by atoms with van der Waals surface area (Å²) in [7, 11) is 0. The molecule has 1 rings (SSSR count). The zero-order chi connectivity index (χ0) is 8.81. The lowest BCUT2D eigenvalue weighted by Crippen LogP contribution is -2.10. The smallest absolute Gasteiger partial charge is 0.251 e. The number of nitriles is 1. The molecule has 0 fully saturated rings. The van der Waals surface area contributed by atoms with Gasteiger partial charge >= 0.3 is 0 Å². The maximum atomic E-state index is 11.1. The number of aryl methyl sites for hydroxylation is 1. The van der Waals surface area contributed by atoms with E-state index in [1.54, 1.807) is 18.3 Å². The predicted octanol–water partition coefficient (Wildman–Crippen LogP) is 1.22. The molecule has 0 aliphatic heterocycles. The summed E-state index contributed by atoms with van der Waals surface area (Å²) in [5.74, 6) is 0. The minimum atomic E-state index is -0.0459. The summed E-state index contributed by atoms with van der Waals surface area (Å²) in [6.07, 6.45) is 3.55. The molecule has 1 heterocycles. The van der Waals surface area contributed by atoms with Gasteiger partial charge in [0.05, 0.1) is 6.07 Å². The average molecular weight is 162 g/mol. The van der Waals surface area contributed by atoms with Crippen LogP contribution in [0.1, 0.15) is 18.4 Å². The molecule has 0 bridgehead atoms. The van der Waals surface area contributed by atoms with Gasteiger partial charge < -0.3 is 4.98 Å². The summed E-state index contributed by atoms with van der Waals surface area (Å²) in [6.45, 7) is 0. The van der Waals surface area contributed by atoms with Gasteiger partial charge in [0.25, 0.3) is 5.56 Å². The normalized spacial score (nSPS) is 9.25. The Morgan fingerprint density at radius 2 is 2.42 bits per heavy atom. The van der Waals surface area contributed by atoms with Crippen LogP contribution in [0.25, 0.3) is 0 Å². The van der Waals surface area contributed by atoms with Crippen LogP contribution in [0.5, 0.6) is 0 Å². The van der Waals surface area contributed by atoms with Gasteiger partial charge in [0.1, 0.15) is 0 Å². The second-order valence-corrected chi connectivity index (χ2v) is 2.54. The van der Waals surface area contributed by atoms with Crippen molar-refractivity contribution in [2.24, 2.45) is 0 Å². The SMILES string of the molecule is N#CCCCc1ccc[nH]c1=O. The van der Waals surface area contributed by atoms with E-state index >= 15 is 0 Å². The Kier molecular flexibility index (Phi) is 3.09. The molecule has 0 atom stereocenters. The summed E-state index contributed by atoms with van der Waals surface area (Å²) < 4.78 is 0. The van der Waals surface area contributed by atoms with Crippen molar-refractivity contribution in [2.45, 2.75) is 19.3 Å². The van der Waals surface area contributed by atoms with Crippen molar-refractivity contribution in [1.29, 1.82) is 5.26 Å². The maximum Gasteiger partial charge on any atom is 0.251 e. The second kappa shape index (κ2) is 4.35. The fraction of sp³-hybridized carbons (Fsp3) is 0.333. The molecule has 3 nitrogen and oxygen atoms in total. The molecule has 0 radical (unpaired) electrons. The largest absolute Gasteiger partial charge is 0.329 e. The minimum absolute atomic E-state index is 0.0459. The lowest BCUT2D eigenvalue weighted by molar-refractivity contribution is 0.837. The van der Waals surface area contributed by atoms with E-state index in [-0.39, 0.29) is 5.56 Å². The zero-order valence-corrected chi connectivity index (χ0v) is 6.71. The first-order valence-corrected chi connectivity index (χ1v) is 3.88. The fourth-order valence-electron chi connectivity index (χ4n) is 1.01. The van der Waals surface area contributed by atoms with Crippen molar-refractivity contribution in [3.8, 4) is 6.07 Å². The van der Waals surface area contributed by atoms with Crippen LogP contribution in [0.3, 0.4) is 0 Å². The van der Waals surface area contributed by atoms with Crippen LogP contribution in [0.15, 0.2) is 23.1 Å². The summed E-state index contributed by atoms with van der Waals surface area (Å²) >= 11 is 0. The topological polar surface area (TPSA) is 56.6 Å². The van der Waals surface area contributed by atoms with Gasteiger partial charge in [-0.1, -0.05) is 6.07 Å². The number of aromatic nitrogens is 1. The van der Waals surface area contributed by atoms with E-state index in [1.807, 2.05) is 6.07 Å². The molecule has 0 saturated carbocycles. The Morgan fingerprint density at radius 3 is 3.08 bits per heavy atom. The third kappa shape index (κ3) is 2.24. The Hall–Kier alpha value is -1.56. The van der Waals surface area contributed by atoms with Crippen LogP contribution in [0.2, 0.25) is 0 Å². The van der Waals surface area contributed by atoms with E-state index in [0.717, 1.165) is 12.0 Å². The minimum Gasteiger partial charge on any atom is -0.329 e. The number of unbranched alkanes of at least 4 members (excludes halogenated alkanes) is 1. The first kappa shape index (κ1) is 8.54. The zero-order valence-electron chi connectivity index (χ0n) is 6.71. The number of pyridine rings is 1. The summed E-state index contributed by atoms with van der Waals surface area (Å²) in [6, 6.07) is 5.63. The first-order chi connectivity index (χ1) is 5.84. The van der Waals surface area contributed by atoms with Gasteiger partial charge in [0.15, 0.2) is 0 Å². The molecule has 0 aliphatic carbocycles. The number of nitrogens with zero attached hydrogens (tertiary/aromatic N) is 1. The highest BCUT2D eigenvalue weighted by atomic mass is 16.1. The molecule has 1 aromatic heterocycles. The van der Waals surface area contributed by atoms with Gasteiger partial charge in [-0.05, 0) is 18.9 Å². The van der Waals surface area contributed by atoms with Crippen molar-refractivity contribution in [3.05, 3.63) is 34.2 Å². The second-order valence-electron chi connectivity index (χ2n) is 2.54. The number of nitrogens with one attached hydrogen (secondary N) is 1. The van der Waals surface area contributed by atoms with Crippen LogP contribution in [0, 0.1) is 11.3 Å². The summed E-state index contributed by atoms with van der Waals surface area (Å²) in [5, 5.41) is 8.28. The third-order valence-electron chi connectivity index (χ3n) is 1.63. The number of rotatable bonds is 3. The van der Waals surface area contributed by atoms with Crippen LogP contribution in [-0.4, -0.2) is 4.98 Å². The number of aromatic amines is 1. The third-order valence-corrected chi connectivity index (χ3v) is 1.63. The molecule has 0 unspecified atom stereocenters. The van der Waals surface area contributed by atoms with Gasteiger partial charge in [-0.15, -0.1) is 0 Å². The maximum absolute atomic E-state index is 11.1. The number of hydrogen-bond acceptors (Lipinski definition) is 2. The highest BCUT2D eigenvalue weighted by molar-refractivity contribution is 5.08. The highest BCUT2D eigenvalue weighted by Crippen LogP contribution is 1.97. The molecule has 3 heteroatoms. The summed E-state index contributed by atoms with van der Waals surface area (Å²) in [5.41, 5.74) is 0.711. The van der Waals surface area contributed by atoms with Gasteiger partial charge in [-0.2, -0.15) is 5.26 Å². The van der Waals surface area contributed by atoms with Crippen molar-refractivity contribution < 1.29 is 0 Å².